The molecule has 0 aliphatic heterocycles. The van der Waals surface area contributed by atoms with E-state index < -0.39 is 10.9 Å². The van der Waals surface area contributed by atoms with E-state index in [0.29, 0.717) is 0 Å². The highest BCUT2D eigenvalue weighted by molar-refractivity contribution is 14.1. The van der Waals surface area contributed by atoms with Crippen LogP contribution in [0.2, 0.25) is 0 Å². The summed E-state index contributed by atoms with van der Waals surface area (Å²) in [4.78, 5) is 26.9. The van der Waals surface area contributed by atoms with Crippen LogP contribution in [0.15, 0.2) is 40.8 Å². The number of halogens is 1. The fourth-order valence-electron chi connectivity index (χ4n) is 2.23. The lowest BCUT2D eigenvalue weighted by atomic mass is 10.1. The minimum absolute atomic E-state index is 0.00886. The van der Waals surface area contributed by atoms with Crippen LogP contribution in [-0.4, -0.2) is 22.5 Å². The van der Waals surface area contributed by atoms with Gasteiger partial charge in [-0.25, -0.2) is 9.78 Å². The van der Waals surface area contributed by atoms with E-state index >= 15 is 0 Å². The summed E-state index contributed by atoms with van der Waals surface area (Å²) in [5, 5.41) is 11.1. The molecule has 7 nitrogen and oxygen atoms in total. The quantitative estimate of drug-likeness (QED) is 0.263. The molecule has 122 valence electrons. The van der Waals surface area contributed by atoms with E-state index in [0.717, 1.165) is 15.2 Å². The second kappa shape index (κ2) is 6.56. The number of nitrogens with zero attached hydrogens (tertiary/aromatic N) is 2. The Morgan fingerprint density at radius 3 is 2.83 bits per heavy atom. The van der Waals surface area contributed by atoms with Crippen molar-refractivity contribution in [2.24, 2.45) is 0 Å². The summed E-state index contributed by atoms with van der Waals surface area (Å²) in [5.74, 6) is -0.397. The molecular weight excluding hydrogens is 427 g/mol. The Bertz CT molecular complexity index is 951. The first-order chi connectivity index (χ1) is 11.5. The summed E-state index contributed by atoms with van der Waals surface area (Å²) in [6.45, 7) is 1.81. The highest BCUT2D eigenvalue weighted by atomic mass is 127. The molecule has 2 aromatic carbocycles. The maximum Gasteiger partial charge on any atom is 0.342 e. The van der Waals surface area contributed by atoms with Crippen molar-refractivity contribution in [3.63, 3.8) is 0 Å². The molecule has 0 spiro atoms. The molecular formula is C16H11IN2O5. The first-order valence-electron chi connectivity index (χ1n) is 7.01. The number of esters is 1. The molecule has 0 saturated carbocycles. The molecule has 3 aromatic rings. The molecule has 8 heteroatoms. The number of nitro groups is 1. The summed E-state index contributed by atoms with van der Waals surface area (Å²) in [5.41, 5.74) is 0.878. The minimum Gasteiger partial charge on any atom is -0.462 e. The van der Waals surface area contributed by atoms with E-state index in [2.05, 4.69) is 27.6 Å². The Morgan fingerprint density at radius 2 is 2.17 bits per heavy atom. The number of carbonyl (C=O) groups excluding carboxylic acids is 1. The molecule has 0 radical (unpaired) electrons. The fourth-order valence-corrected chi connectivity index (χ4v) is 2.77. The van der Waals surface area contributed by atoms with Crippen molar-refractivity contribution < 1.29 is 18.9 Å². The lowest BCUT2D eigenvalue weighted by Gasteiger charge is -2.02. The van der Waals surface area contributed by atoms with Crippen LogP contribution in [0.25, 0.3) is 22.6 Å². The normalized spacial score (nSPS) is 10.8. The summed E-state index contributed by atoms with van der Waals surface area (Å²) in [6.07, 6.45) is 0. The molecule has 1 heterocycles. The first kappa shape index (κ1) is 16.4. The highest BCUT2D eigenvalue weighted by Crippen LogP contribution is 2.31. The molecule has 0 N–H and O–H groups in total. The largest absolute Gasteiger partial charge is 0.462 e. The van der Waals surface area contributed by atoms with Gasteiger partial charge >= 0.3 is 5.97 Å². The Morgan fingerprint density at radius 1 is 1.38 bits per heavy atom. The van der Waals surface area contributed by atoms with Crippen LogP contribution in [0.1, 0.15) is 17.3 Å². The maximum atomic E-state index is 12.1. The van der Waals surface area contributed by atoms with Crippen molar-refractivity contribution >= 4 is 45.3 Å². The van der Waals surface area contributed by atoms with Gasteiger partial charge in [0.05, 0.1) is 11.5 Å². The summed E-state index contributed by atoms with van der Waals surface area (Å²) < 4.78 is 11.6. The molecule has 24 heavy (non-hydrogen) atoms. The van der Waals surface area contributed by atoms with Crippen LogP contribution in [0.4, 0.5) is 5.69 Å². The monoisotopic (exact) mass is 438 g/mol. The molecule has 0 amide bonds. The molecule has 1 aromatic heterocycles. The lowest BCUT2D eigenvalue weighted by Crippen LogP contribution is -2.05. The molecule has 0 unspecified atom stereocenters. The number of fused-ring (bicyclic) bond motifs is 1. The number of hydrogen-bond acceptors (Lipinski definition) is 6. The molecule has 3 rings (SSSR count). The smallest absolute Gasteiger partial charge is 0.342 e. The average Bonchev–Trinajstić information content (AvgIpc) is 2.98. The van der Waals surface area contributed by atoms with Gasteiger partial charge in [-0.3, -0.25) is 10.1 Å². The molecule has 0 saturated heterocycles. The van der Waals surface area contributed by atoms with Gasteiger partial charge in [0.1, 0.15) is 11.1 Å². The second-order valence-corrected chi connectivity index (χ2v) is 6.09. The maximum absolute atomic E-state index is 12.1. The number of hydrogen-bond donors (Lipinski definition) is 0. The fraction of sp³-hybridized carbons (Fsp3) is 0.125. The van der Waals surface area contributed by atoms with Crippen LogP contribution in [0, 0.1) is 13.7 Å². The lowest BCUT2D eigenvalue weighted by molar-refractivity contribution is -0.384. The number of non-ortho nitro benzene ring substituents is 1. The molecule has 0 bridgehead atoms. The standard InChI is InChI=1S/C16H11IN2O5/c1-2-23-16(20)12-7-11(19(21)22)8-13-14(12)24-15(18-13)9-4-3-5-10(17)6-9/h3-8H,2H2,1H3. The predicted molar refractivity (Wildman–Crippen MR) is 94.8 cm³/mol. The third-order valence-corrected chi connectivity index (χ3v) is 3.92. The van der Waals surface area contributed by atoms with Crippen LogP contribution < -0.4 is 0 Å². The van der Waals surface area contributed by atoms with Crippen molar-refractivity contribution in [2.45, 2.75) is 6.92 Å². The zero-order valence-electron chi connectivity index (χ0n) is 12.5. The number of aromatic nitrogens is 1. The second-order valence-electron chi connectivity index (χ2n) is 4.85. The highest BCUT2D eigenvalue weighted by Gasteiger charge is 2.22. The Kier molecular flexibility index (Phi) is 4.47. The SMILES string of the molecule is CCOC(=O)c1cc([N+](=O)[O-])cc2nc(-c3cccc(I)c3)oc12. The van der Waals surface area contributed by atoms with Gasteiger partial charge < -0.3 is 9.15 Å². The van der Waals surface area contributed by atoms with E-state index in [1.165, 1.54) is 6.07 Å². The third kappa shape index (κ3) is 3.09. The van der Waals surface area contributed by atoms with E-state index in [1.807, 2.05) is 24.3 Å². The van der Waals surface area contributed by atoms with Crippen LogP contribution in [0.5, 0.6) is 0 Å². The van der Waals surface area contributed by atoms with Crippen molar-refractivity contribution in [2.75, 3.05) is 6.61 Å². The van der Waals surface area contributed by atoms with Crippen molar-refractivity contribution in [3.8, 4) is 11.5 Å². The number of ether oxygens (including phenoxy) is 1. The Hall–Kier alpha value is -2.49. The average molecular weight is 438 g/mol. The van der Waals surface area contributed by atoms with Crippen molar-refractivity contribution in [3.05, 3.63) is 55.6 Å². The van der Waals surface area contributed by atoms with E-state index in [9.17, 15) is 14.9 Å². The number of rotatable bonds is 4. The van der Waals surface area contributed by atoms with Gasteiger partial charge in [0.15, 0.2) is 5.58 Å². The van der Waals surface area contributed by atoms with Crippen molar-refractivity contribution in [1.29, 1.82) is 0 Å². The van der Waals surface area contributed by atoms with Crippen LogP contribution >= 0.6 is 22.6 Å². The van der Waals surface area contributed by atoms with E-state index in [1.54, 1.807) is 6.92 Å². The van der Waals surface area contributed by atoms with Gasteiger partial charge in [0, 0.05) is 21.3 Å². The number of benzene rings is 2. The van der Waals surface area contributed by atoms with Gasteiger partial charge in [0.25, 0.3) is 5.69 Å². The summed E-state index contributed by atoms with van der Waals surface area (Å²) in [6, 6.07) is 9.86. The number of nitro benzene ring substituents is 1. The van der Waals surface area contributed by atoms with Gasteiger partial charge in [-0.05, 0) is 47.7 Å². The summed E-state index contributed by atoms with van der Waals surface area (Å²) in [7, 11) is 0. The zero-order chi connectivity index (χ0) is 17.3. The van der Waals surface area contributed by atoms with E-state index in [-0.39, 0.29) is 34.8 Å². The van der Waals surface area contributed by atoms with Gasteiger partial charge in [-0.1, -0.05) is 6.07 Å². The topological polar surface area (TPSA) is 95.5 Å². The predicted octanol–water partition coefficient (Wildman–Crippen LogP) is 4.18. The molecule has 0 atom stereocenters. The summed E-state index contributed by atoms with van der Waals surface area (Å²) >= 11 is 2.16. The Balaban J connectivity index is 2.21. The van der Waals surface area contributed by atoms with Crippen molar-refractivity contribution in [1.82, 2.24) is 4.98 Å². The third-order valence-electron chi connectivity index (χ3n) is 3.25. The molecule has 0 aliphatic rings. The zero-order valence-corrected chi connectivity index (χ0v) is 14.6. The van der Waals surface area contributed by atoms with Crippen LogP contribution in [-0.2, 0) is 4.74 Å². The molecule has 0 fully saturated rings. The Labute approximate surface area is 149 Å². The first-order valence-corrected chi connectivity index (χ1v) is 8.09. The van der Waals surface area contributed by atoms with Crippen LogP contribution in [0.3, 0.4) is 0 Å². The number of carbonyl (C=O) groups is 1. The van der Waals surface area contributed by atoms with Gasteiger partial charge in [-0.2, -0.15) is 0 Å². The van der Waals surface area contributed by atoms with Gasteiger partial charge in [0.2, 0.25) is 5.89 Å². The van der Waals surface area contributed by atoms with E-state index in [4.69, 9.17) is 9.15 Å². The minimum atomic E-state index is -0.684. The molecule has 0 aliphatic carbocycles. The number of oxazole rings is 1. The van der Waals surface area contributed by atoms with Gasteiger partial charge in [-0.15, -0.1) is 0 Å².